The summed E-state index contributed by atoms with van der Waals surface area (Å²) in [6, 6.07) is 10.3. The van der Waals surface area contributed by atoms with Crippen molar-refractivity contribution in [2.75, 3.05) is 0 Å². The van der Waals surface area contributed by atoms with Crippen molar-refractivity contribution in [3.8, 4) is 0 Å². The molecule has 0 aliphatic rings. The van der Waals surface area contributed by atoms with Gasteiger partial charge in [0.05, 0.1) is 0 Å². The molecule has 1 aromatic carbocycles. The molecule has 0 bridgehead atoms. The summed E-state index contributed by atoms with van der Waals surface area (Å²) in [4.78, 5) is 0. The number of hydrogen-bond acceptors (Lipinski definition) is 0. The first-order valence-corrected chi connectivity index (χ1v) is 8.43. The Morgan fingerprint density at radius 1 is 1.05 bits per heavy atom. The van der Waals surface area contributed by atoms with Gasteiger partial charge in [-0.05, 0) is 12.0 Å². The average molecular weight is 313 g/mol. The molecule has 0 saturated carbocycles. The van der Waals surface area contributed by atoms with Crippen molar-refractivity contribution in [2.45, 2.75) is 62.1 Å². The molecule has 2 heteroatoms. The summed E-state index contributed by atoms with van der Waals surface area (Å²) < 4.78 is -0.884. The maximum absolute atomic E-state index is 6.43. The third-order valence-electron chi connectivity index (χ3n) is 3.79. The molecule has 0 N–H and O–H groups in total. The normalized spacial score (nSPS) is 13.2. The zero-order valence-corrected chi connectivity index (χ0v) is 14.0. The lowest BCUT2D eigenvalue weighted by molar-refractivity contribution is 0.530. The summed E-state index contributed by atoms with van der Waals surface area (Å²) in [6.45, 7) is 6.02. The van der Waals surface area contributed by atoms with Crippen LogP contribution in [0, 0.1) is 0 Å². The van der Waals surface area contributed by atoms with Gasteiger partial charge >= 0.3 is 0 Å². The molecule has 1 unspecified atom stereocenters. The molecule has 1 rings (SSSR count). The van der Waals surface area contributed by atoms with Crippen LogP contribution < -0.4 is 0 Å². The SMILES string of the molecule is C=CC(Cl)(Cl)C(CCCCCCCC)c1ccccc1. The van der Waals surface area contributed by atoms with Crippen molar-refractivity contribution in [2.24, 2.45) is 0 Å². The highest BCUT2D eigenvalue weighted by Crippen LogP contribution is 2.42. The van der Waals surface area contributed by atoms with E-state index in [4.69, 9.17) is 23.2 Å². The number of rotatable bonds is 10. The molecule has 0 saturated heterocycles. The Hall–Kier alpha value is -0.460. The van der Waals surface area contributed by atoms with Crippen molar-refractivity contribution in [3.63, 3.8) is 0 Å². The van der Waals surface area contributed by atoms with Crippen LogP contribution in [0.2, 0.25) is 0 Å². The average Bonchev–Trinajstić information content (AvgIpc) is 2.47. The fourth-order valence-corrected chi connectivity index (χ4v) is 3.01. The van der Waals surface area contributed by atoms with E-state index < -0.39 is 4.33 Å². The third-order valence-corrected chi connectivity index (χ3v) is 4.62. The first-order chi connectivity index (χ1) is 9.61. The maximum Gasteiger partial charge on any atom is 0.142 e. The summed E-state index contributed by atoms with van der Waals surface area (Å²) in [5.74, 6) is 0.121. The summed E-state index contributed by atoms with van der Waals surface area (Å²) >= 11 is 12.9. The first-order valence-electron chi connectivity index (χ1n) is 7.68. The lowest BCUT2D eigenvalue weighted by Crippen LogP contribution is -2.21. The van der Waals surface area contributed by atoms with E-state index in [0.717, 1.165) is 12.8 Å². The molecule has 1 atom stereocenters. The van der Waals surface area contributed by atoms with E-state index >= 15 is 0 Å². The van der Waals surface area contributed by atoms with E-state index in [2.05, 4.69) is 25.6 Å². The zero-order chi connectivity index (χ0) is 14.8. The van der Waals surface area contributed by atoms with Gasteiger partial charge in [-0.2, -0.15) is 0 Å². The van der Waals surface area contributed by atoms with Gasteiger partial charge in [-0.15, -0.1) is 6.58 Å². The lowest BCUT2D eigenvalue weighted by atomic mass is 9.89. The van der Waals surface area contributed by atoms with Gasteiger partial charge in [0.2, 0.25) is 0 Å². The Kier molecular flexibility index (Phi) is 8.33. The Morgan fingerprint density at radius 2 is 1.65 bits per heavy atom. The number of unbranched alkanes of at least 4 members (excludes halogenated alkanes) is 5. The molecular weight excluding hydrogens is 287 g/mol. The number of benzene rings is 1. The zero-order valence-electron chi connectivity index (χ0n) is 12.5. The molecule has 1 aromatic rings. The number of halogens is 2. The molecule has 112 valence electrons. The van der Waals surface area contributed by atoms with E-state index in [1.807, 2.05) is 18.2 Å². The van der Waals surface area contributed by atoms with Crippen LogP contribution in [-0.4, -0.2) is 4.33 Å². The fraction of sp³-hybridized carbons (Fsp3) is 0.556. The van der Waals surface area contributed by atoms with E-state index in [1.54, 1.807) is 6.08 Å². The smallest absolute Gasteiger partial charge is 0.100 e. The van der Waals surface area contributed by atoms with Gasteiger partial charge in [0.15, 0.2) is 0 Å². The Balaban J connectivity index is 2.55. The predicted octanol–water partition coefficient (Wildman–Crippen LogP) is 6.88. The van der Waals surface area contributed by atoms with Crippen molar-refractivity contribution in [1.29, 1.82) is 0 Å². The first kappa shape index (κ1) is 17.6. The Labute approximate surface area is 134 Å². The molecule has 20 heavy (non-hydrogen) atoms. The standard InChI is InChI=1S/C18H26Cl2/c1-3-5-6-7-8-12-15-17(18(19,20)4-2)16-13-10-9-11-14-16/h4,9-11,13-14,17H,2-3,5-8,12,15H2,1H3. The number of allylic oxidation sites excluding steroid dienone is 1. The minimum Gasteiger partial charge on any atom is -0.100 e. The summed E-state index contributed by atoms with van der Waals surface area (Å²) in [5.41, 5.74) is 1.20. The molecule has 0 aliphatic carbocycles. The van der Waals surface area contributed by atoms with E-state index in [1.165, 1.54) is 37.7 Å². The van der Waals surface area contributed by atoms with Gasteiger partial charge < -0.3 is 0 Å². The Bertz CT molecular complexity index is 370. The highest BCUT2D eigenvalue weighted by atomic mass is 35.5. The number of alkyl halides is 2. The molecule has 0 radical (unpaired) electrons. The largest absolute Gasteiger partial charge is 0.142 e. The van der Waals surface area contributed by atoms with Crippen LogP contribution in [0.5, 0.6) is 0 Å². The van der Waals surface area contributed by atoms with Crippen LogP contribution in [0.3, 0.4) is 0 Å². The second-order valence-electron chi connectivity index (χ2n) is 5.40. The molecule has 0 fully saturated rings. The van der Waals surface area contributed by atoms with E-state index in [0.29, 0.717) is 0 Å². The highest BCUT2D eigenvalue weighted by molar-refractivity contribution is 6.50. The minimum atomic E-state index is -0.884. The second-order valence-corrected chi connectivity index (χ2v) is 6.84. The van der Waals surface area contributed by atoms with Crippen LogP contribution in [0.1, 0.15) is 63.4 Å². The highest BCUT2D eigenvalue weighted by Gasteiger charge is 2.32. The molecule has 0 aliphatic heterocycles. The van der Waals surface area contributed by atoms with Crippen LogP contribution in [0.15, 0.2) is 43.0 Å². The molecule has 0 spiro atoms. The van der Waals surface area contributed by atoms with Crippen LogP contribution >= 0.6 is 23.2 Å². The van der Waals surface area contributed by atoms with Crippen molar-refractivity contribution in [3.05, 3.63) is 48.6 Å². The molecule has 0 heterocycles. The van der Waals surface area contributed by atoms with Gasteiger partial charge in [0.1, 0.15) is 4.33 Å². The summed E-state index contributed by atoms with van der Waals surface area (Å²) in [6.07, 6.45) is 10.4. The molecular formula is C18H26Cl2. The molecule has 0 amide bonds. The van der Waals surface area contributed by atoms with Crippen molar-refractivity contribution < 1.29 is 0 Å². The van der Waals surface area contributed by atoms with Gasteiger partial charge in [-0.3, -0.25) is 0 Å². The van der Waals surface area contributed by atoms with Crippen molar-refractivity contribution >= 4 is 23.2 Å². The minimum absolute atomic E-state index is 0.121. The van der Waals surface area contributed by atoms with Gasteiger partial charge in [0.25, 0.3) is 0 Å². The fourth-order valence-electron chi connectivity index (χ4n) is 2.54. The van der Waals surface area contributed by atoms with Crippen molar-refractivity contribution in [1.82, 2.24) is 0 Å². The quantitative estimate of drug-likeness (QED) is 0.251. The maximum atomic E-state index is 6.43. The summed E-state index contributed by atoms with van der Waals surface area (Å²) in [7, 11) is 0. The van der Waals surface area contributed by atoms with Crippen LogP contribution in [-0.2, 0) is 0 Å². The second kappa shape index (κ2) is 9.47. The van der Waals surface area contributed by atoms with E-state index in [-0.39, 0.29) is 5.92 Å². The third kappa shape index (κ3) is 5.89. The lowest BCUT2D eigenvalue weighted by Gasteiger charge is -2.27. The monoisotopic (exact) mass is 312 g/mol. The van der Waals surface area contributed by atoms with Crippen LogP contribution in [0.4, 0.5) is 0 Å². The van der Waals surface area contributed by atoms with Gasteiger partial charge in [0, 0.05) is 5.92 Å². The number of hydrogen-bond donors (Lipinski definition) is 0. The van der Waals surface area contributed by atoms with Gasteiger partial charge in [-0.1, -0.05) is 105 Å². The molecule has 0 aromatic heterocycles. The Morgan fingerprint density at radius 3 is 2.25 bits per heavy atom. The topological polar surface area (TPSA) is 0 Å². The summed E-state index contributed by atoms with van der Waals surface area (Å²) in [5, 5.41) is 0. The predicted molar refractivity (Wildman–Crippen MR) is 91.8 cm³/mol. The van der Waals surface area contributed by atoms with E-state index in [9.17, 15) is 0 Å². The van der Waals surface area contributed by atoms with Gasteiger partial charge in [-0.25, -0.2) is 0 Å². The van der Waals surface area contributed by atoms with Crippen LogP contribution in [0.25, 0.3) is 0 Å². The molecule has 0 nitrogen and oxygen atoms in total.